The van der Waals surface area contributed by atoms with Gasteiger partial charge in [-0.1, -0.05) is 50.1 Å². The number of hydrogen-bond donors (Lipinski definition) is 0. The Morgan fingerprint density at radius 3 is 2.18 bits per heavy atom. The highest BCUT2D eigenvalue weighted by Gasteiger charge is 2.19. The SMILES string of the molecule is CC1CCC(c2ccc(-c3ccc(C#N)c(F)c3)cc2)CC1. The molecule has 0 atom stereocenters. The summed E-state index contributed by atoms with van der Waals surface area (Å²) in [5.74, 6) is 1.07. The van der Waals surface area contributed by atoms with Crippen LogP contribution < -0.4 is 0 Å². The maximum absolute atomic E-state index is 13.7. The fraction of sp³-hybridized carbons (Fsp3) is 0.350. The second-order valence-corrected chi connectivity index (χ2v) is 6.39. The van der Waals surface area contributed by atoms with E-state index in [-0.39, 0.29) is 5.56 Å². The Balaban J connectivity index is 1.79. The molecule has 0 radical (unpaired) electrons. The molecule has 1 aliphatic carbocycles. The van der Waals surface area contributed by atoms with Gasteiger partial charge in [-0.05, 0) is 53.5 Å². The van der Waals surface area contributed by atoms with Crippen molar-refractivity contribution in [2.45, 2.75) is 38.5 Å². The molecule has 0 aromatic heterocycles. The first-order chi connectivity index (χ1) is 10.7. The zero-order chi connectivity index (χ0) is 15.5. The van der Waals surface area contributed by atoms with Crippen LogP contribution in [0, 0.1) is 23.1 Å². The van der Waals surface area contributed by atoms with Crippen LogP contribution in [0.1, 0.15) is 49.7 Å². The molecule has 1 saturated carbocycles. The fourth-order valence-corrected chi connectivity index (χ4v) is 3.33. The third kappa shape index (κ3) is 3.04. The van der Waals surface area contributed by atoms with E-state index >= 15 is 0 Å². The highest BCUT2D eigenvalue weighted by Crippen LogP contribution is 2.36. The van der Waals surface area contributed by atoms with E-state index in [1.807, 2.05) is 6.07 Å². The molecule has 0 spiro atoms. The topological polar surface area (TPSA) is 23.8 Å². The summed E-state index contributed by atoms with van der Waals surface area (Å²) in [6, 6.07) is 15.1. The molecule has 0 bridgehead atoms. The zero-order valence-electron chi connectivity index (χ0n) is 12.8. The van der Waals surface area contributed by atoms with Crippen molar-refractivity contribution in [2.75, 3.05) is 0 Å². The van der Waals surface area contributed by atoms with Crippen molar-refractivity contribution in [3.63, 3.8) is 0 Å². The van der Waals surface area contributed by atoms with Gasteiger partial charge >= 0.3 is 0 Å². The minimum Gasteiger partial charge on any atom is -0.206 e. The van der Waals surface area contributed by atoms with Gasteiger partial charge in [0, 0.05) is 0 Å². The molecule has 0 amide bonds. The summed E-state index contributed by atoms with van der Waals surface area (Å²) in [4.78, 5) is 0. The summed E-state index contributed by atoms with van der Waals surface area (Å²) in [7, 11) is 0. The predicted octanol–water partition coefficient (Wildman–Crippen LogP) is 5.66. The molecule has 0 heterocycles. The molecule has 2 aromatic carbocycles. The Morgan fingerprint density at radius 2 is 1.59 bits per heavy atom. The fourth-order valence-electron chi connectivity index (χ4n) is 3.33. The Labute approximate surface area is 131 Å². The molecule has 22 heavy (non-hydrogen) atoms. The summed E-state index contributed by atoms with van der Waals surface area (Å²) in [6.07, 6.45) is 5.17. The lowest BCUT2D eigenvalue weighted by Crippen LogP contribution is -2.10. The van der Waals surface area contributed by atoms with Crippen LogP contribution in [-0.2, 0) is 0 Å². The van der Waals surface area contributed by atoms with Gasteiger partial charge in [-0.2, -0.15) is 5.26 Å². The Kier molecular flexibility index (Phi) is 4.24. The molecular weight excluding hydrogens is 273 g/mol. The molecule has 0 aliphatic heterocycles. The molecule has 0 unspecified atom stereocenters. The molecule has 0 saturated heterocycles. The molecule has 112 valence electrons. The van der Waals surface area contributed by atoms with E-state index in [1.165, 1.54) is 37.3 Å². The van der Waals surface area contributed by atoms with Crippen LogP contribution in [0.5, 0.6) is 0 Å². The smallest absolute Gasteiger partial charge is 0.141 e. The number of nitriles is 1. The van der Waals surface area contributed by atoms with Crippen molar-refractivity contribution in [1.29, 1.82) is 5.26 Å². The van der Waals surface area contributed by atoms with Crippen molar-refractivity contribution in [2.24, 2.45) is 5.92 Å². The Hall–Kier alpha value is -2.14. The van der Waals surface area contributed by atoms with E-state index in [0.717, 1.165) is 17.0 Å². The quantitative estimate of drug-likeness (QED) is 0.701. The monoisotopic (exact) mass is 293 g/mol. The lowest BCUT2D eigenvalue weighted by atomic mass is 9.79. The normalized spacial score (nSPS) is 21.3. The van der Waals surface area contributed by atoms with Crippen LogP contribution in [0.3, 0.4) is 0 Å². The third-order valence-corrected chi connectivity index (χ3v) is 4.82. The van der Waals surface area contributed by atoms with Crippen LogP contribution in [0.4, 0.5) is 4.39 Å². The summed E-state index contributed by atoms with van der Waals surface area (Å²) in [5.41, 5.74) is 3.30. The van der Waals surface area contributed by atoms with Crippen molar-refractivity contribution in [3.05, 3.63) is 59.4 Å². The number of benzene rings is 2. The van der Waals surface area contributed by atoms with E-state index < -0.39 is 5.82 Å². The first-order valence-electron chi connectivity index (χ1n) is 7.97. The van der Waals surface area contributed by atoms with Gasteiger partial charge in [0.25, 0.3) is 0 Å². The average molecular weight is 293 g/mol. The minimum absolute atomic E-state index is 0.0942. The van der Waals surface area contributed by atoms with Gasteiger partial charge < -0.3 is 0 Å². The lowest BCUT2D eigenvalue weighted by molar-refractivity contribution is 0.348. The highest BCUT2D eigenvalue weighted by molar-refractivity contribution is 5.64. The van der Waals surface area contributed by atoms with Crippen LogP contribution in [0.25, 0.3) is 11.1 Å². The summed E-state index contributed by atoms with van der Waals surface area (Å²) in [6.45, 7) is 2.33. The number of halogens is 1. The van der Waals surface area contributed by atoms with E-state index in [9.17, 15) is 4.39 Å². The molecule has 1 fully saturated rings. The van der Waals surface area contributed by atoms with Crippen LogP contribution in [0.2, 0.25) is 0 Å². The summed E-state index contributed by atoms with van der Waals surface area (Å²) < 4.78 is 13.7. The molecule has 2 aromatic rings. The summed E-state index contributed by atoms with van der Waals surface area (Å²) >= 11 is 0. The van der Waals surface area contributed by atoms with Gasteiger partial charge in [-0.25, -0.2) is 4.39 Å². The van der Waals surface area contributed by atoms with Crippen molar-refractivity contribution >= 4 is 0 Å². The van der Waals surface area contributed by atoms with Gasteiger partial charge in [0.05, 0.1) is 5.56 Å². The molecule has 2 heteroatoms. The van der Waals surface area contributed by atoms with Crippen molar-refractivity contribution < 1.29 is 4.39 Å². The van der Waals surface area contributed by atoms with Crippen molar-refractivity contribution in [3.8, 4) is 17.2 Å². The van der Waals surface area contributed by atoms with E-state index in [2.05, 4.69) is 31.2 Å². The van der Waals surface area contributed by atoms with Crippen LogP contribution in [-0.4, -0.2) is 0 Å². The third-order valence-electron chi connectivity index (χ3n) is 4.82. The van der Waals surface area contributed by atoms with Crippen LogP contribution in [0.15, 0.2) is 42.5 Å². The molecule has 3 rings (SSSR count). The Bertz CT molecular complexity index is 689. The van der Waals surface area contributed by atoms with Gasteiger partial charge in [0.15, 0.2) is 0 Å². The van der Waals surface area contributed by atoms with E-state index in [4.69, 9.17) is 5.26 Å². The standard InChI is InChI=1S/C20H20FN/c1-14-2-4-15(5-3-14)16-6-8-17(9-7-16)18-10-11-19(13-22)20(21)12-18/h6-12,14-15H,2-5H2,1H3. The van der Waals surface area contributed by atoms with E-state index in [0.29, 0.717) is 5.92 Å². The summed E-state index contributed by atoms with van der Waals surface area (Å²) in [5, 5.41) is 8.79. The second-order valence-electron chi connectivity index (χ2n) is 6.39. The van der Waals surface area contributed by atoms with Gasteiger partial charge in [0.2, 0.25) is 0 Å². The van der Waals surface area contributed by atoms with Gasteiger partial charge in [-0.15, -0.1) is 0 Å². The van der Waals surface area contributed by atoms with Gasteiger partial charge in [0.1, 0.15) is 11.9 Å². The predicted molar refractivity (Wildman–Crippen MR) is 86.9 cm³/mol. The first-order valence-corrected chi connectivity index (χ1v) is 7.97. The first kappa shape index (κ1) is 14.8. The minimum atomic E-state index is -0.453. The van der Waals surface area contributed by atoms with Crippen molar-refractivity contribution in [1.82, 2.24) is 0 Å². The van der Waals surface area contributed by atoms with Crippen LogP contribution >= 0.6 is 0 Å². The number of rotatable bonds is 2. The zero-order valence-corrected chi connectivity index (χ0v) is 12.8. The number of nitrogens with zero attached hydrogens (tertiary/aromatic N) is 1. The Morgan fingerprint density at radius 1 is 0.955 bits per heavy atom. The second kappa shape index (κ2) is 6.32. The highest BCUT2D eigenvalue weighted by atomic mass is 19.1. The van der Waals surface area contributed by atoms with E-state index in [1.54, 1.807) is 12.1 Å². The van der Waals surface area contributed by atoms with Gasteiger partial charge in [-0.3, -0.25) is 0 Å². The maximum Gasteiger partial charge on any atom is 0.141 e. The maximum atomic E-state index is 13.7. The lowest BCUT2D eigenvalue weighted by Gasteiger charge is -2.26. The number of hydrogen-bond acceptors (Lipinski definition) is 1. The molecular formula is C20H20FN. The largest absolute Gasteiger partial charge is 0.206 e. The average Bonchev–Trinajstić information content (AvgIpc) is 2.56. The molecule has 1 aliphatic rings. The molecule has 1 nitrogen and oxygen atoms in total. The molecule has 0 N–H and O–H groups in total.